The summed E-state index contributed by atoms with van der Waals surface area (Å²) in [5.74, 6) is -0.790. The van der Waals surface area contributed by atoms with Crippen LogP contribution in [0.3, 0.4) is 0 Å². The van der Waals surface area contributed by atoms with Gasteiger partial charge in [-0.1, -0.05) is 36.4 Å². The molecule has 0 aliphatic heterocycles. The summed E-state index contributed by atoms with van der Waals surface area (Å²) < 4.78 is 58.6. The van der Waals surface area contributed by atoms with E-state index in [4.69, 9.17) is 8.92 Å². The second-order valence-corrected chi connectivity index (χ2v) is 9.65. The molecule has 0 radical (unpaired) electrons. The molecule has 152 valence electrons. The largest absolute Gasteiger partial charge is 0.464 e. The van der Waals surface area contributed by atoms with E-state index in [0.717, 1.165) is 17.9 Å². The molecule has 0 heterocycles. The minimum Gasteiger partial charge on any atom is -0.464 e. The van der Waals surface area contributed by atoms with E-state index in [9.17, 15) is 21.6 Å². The van der Waals surface area contributed by atoms with Gasteiger partial charge in [0, 0.05) is 6.26 Å². The fourth-order valence-electron chi connectivity index (χ4n) is 2.45. The Morgan fingerprint density at radius 2 is 1.61 bits per heavy atom. The van der Waals surface area contributed by atoms with E-state index >= 15 is 0 Å². The summed E-state index contributed by atoms with van der Waals surface area (Å²) in [6, 6.07) is 14.0. The lowest BCUT2D eigenvalue weighted by atomic mass is 10.1. The smallest absolute Gasteiger partial charge is 0.336 e. The van der Waals surface area contributed by atoms with Gasteiger partial charge in [0.05, 0.1) is 16.4 Å². The summed E-state index contributed by atoms with van der Waals surface area (Å²) >= 11 is 0. The molecular weight excluding hydrogens is 404 g/mol. The predicted molar refractivity (Wildman–Crippen MR) is 103 cm³/mol. The van der Waals surface area contributed by atoms with Gasteiger partial charge in [0.15, 0.2) is 15.9 Å². The van der Waals surface area contributed by atoms with Gasteiger partial charge in [-0.15, -0.1) is 0 Å². The summed E-state index contributed by atoms with van der Waals surface area (Å²) in [4.78, 5) is 11.7. The number of sulfone groups is 1. The molecule has 0 saturated heterocycles. The number of aryl methyl sites for hydroxylation is 1. The molecular formula is C19H22O7S2. The van der Waals surface area contributed by atoms with Crippen LogP contribution in [0, 0.1) is 0 Å². The SMILES string of the molecule is CCOC(=O)[C@@H](CCc1ccccc1)OS(=O)(=O)c1cccc(S(C)(=O)=O)c1. The summed E-state index contributed by atoms with van der Waals surface area (Å²) in [6.07, 6.45) is 0.129. The van der Waals surface area contributed by atoms with Gasteiger partial charge >= 0.3 is 5.97 Å². The van der Waals surface area contributed by atoms with Crippen LogP contribution in [0.5, 0.6) is 0 Å². The van der Waals surface area contributed by atoms with Crippen LogP contribution in [-0.2, 0) is 40.1 Å². The fourth-order valence-corrected chi connectivity index (χ4v) is 4.30. The Kier molecular flexibility index (Phi) is 7.34. The highest BCUT2D eigenvalue weighted by Crippen LogP contribution is 2.21. The van der Waals surface area contributed by atoms with E-state index in [1.54, 1.807) is 6.92 Å². The van der Waals surface area contributed by atoms with Crippen LogP contribution in [0.15, 0.2) is 64.4 Å². The highest BCUT2D eigenvalue weighted by atomic mass is 32.2. The maximum absolute atomic E-state index is 12.6. The molecule has 0 amide bonds. The molecule has 0 aliphatic carbocycles. The first kappa shape index (κ1) is 22.1. The molecule has 2 aromatic carbocycles. The first-order valence-electron chi connectivity index (χ1n) is 8.57. The molecule has 0 N–H and O–H groups in total. The van der Waals surface area contributed by atoms with E-state index in [-0.39, 0.29) is 22.8 Å². The molecule has 0 fully saturated rings. The van der Waals surface area contributed by atoms with Crippen LogP contribution in [0.25, 0.3) is 0 Å². The Balaban J connectivity index is 2.25. The van der Waals surface area contributed by atoms with Crippen molar-refractivity contribution in [3.05, 3.63) is 60.2 Å². The topological polar surface area (TPSA) is 104 Å². The maximum Gasteiger partial charge on any atom is 0.336 e. The third kappa shape index (κ3) is 6.15. The van der Waals surface area contributed by atoms with Gasteiger partial charge in [0.1, 0.15) is 0 Å². The molecule has 0 spiro atoms. The Morgan fingerprint density at radius 1 is 0.964 bits per heavy atom. The number of carbonyl (C=O) groups excluding carboxylic acids is 1. The Morgan fingerprint density at radius 3 is 2.21 bits per heavy atom. The van der Waals surface area contributed by atoms with Crippen LogP contribution < -0.4 is 0 Å². The van der Waals surface area contributed by atoms with Crippen molar-refractivity contribution >= 4 is 25.9 Å². The van der Waals surface area contributed by atoms with Crippen molar-refractivity contribution in [3.63, 3.8) is 0 Å². The maximum atomic E-state index is 12.6. The number of hydrogen-bond acceptors (Lipinski definition) is 7. The summed E-state index contributed by atoms with van der Waals surface area (Å²) in [7, 11) is -7.97. The van der Waals surface area contributed by atoms with Crippen molar-refractivity contribution in [1.82, 2.24) is 0 Å². The number of carbonyl (C=O) groups is 1. The minimum atomic E-state index is -4.38. The number of ether oxygens (including phenoxy) is 1. The lowest BCUT2D eigenvalue weighted by molar-refractivity contribution is -0.151. The quantitative estimate of drug-likeness (QED) is 0.448. The summed E-state index contributed by atoms with van der Waals surface area (Å²) in [6.45, 7) is 1.68. The van der Waals surface area contributed by atoms with Crippen LogP contribution in [-0.4, -0.2) is 41.8 Å². The van der Waals surface area contributed by atoms with Crippen molar-refractivity contribution in [2.45, 2.75) is 35.7 Å². The van der Waals surface area contributed by atoms with Gasteiger partial charge in [-0.05, 0) is 43.5 Å². The summed E-state index contributed by atoms with van der Waals surface area (Å²) in [5, 5.41) is 0. The number of esters is 1. The number of benzene rings is 2. The van der Waals surface area contributed by atoms with E-state index in [1.807, 2.05) is 30.3 Å². The Labute approximate surface area is 165 Å². The lowest BCUT2D eigenvalue weighted by Crippen LogP contribution is -2.30. The molecule has 0 saturated carbocycles. The van der Waals surface area contributed by atoms with Gasteiger partial charge < -0.3 is 4.74 Å². The van der Waals surface area contributed by atoms with E-state index in [1.165, 1.54) is 18.2 Å². The number of rotatable bonds is 9. The summed E-state index contributed by atoms with van der Waals surface area (Å²) in [5.41, 5.74) is 0.914. The molecule has 0 bridgehead atoms. The third-order valence-electron chi connectivity index (χ3n) is 3.85. The molecule has 0 aromatic heterocycles. The fraction of sp³-hybridized carbons (Fsp3) is 0.316. The monoisotopic (exact) mass is 426 g/mol. The van der Waals surface area contributed by atoms with Crippen LogP contribution in [0.4, 0.5) is 0 Å². The number of hydrogen-bond donors (Lipinski definition) is 0. The van der Waals surface area contributed by atoms with Gasteiger partial charge in [-0.25, -0.2) is 13.2 Å². The van der Waals surface area contributed by atoms with Crippen molar-refractivity contribution in [1.29, 1.82) is 0 Å². The Hall–Kier alpha value is -2.23. The second kappa shape index (κ2) is 9.31. The highest BCUT2D eigenvalue weighted by molar-refractivity contribution is 7.90. The van der Waals surface area contributed by atoms with Crippen LogP contribution in [0.1, 0.15) is 18.9 Å². The predicted octanol–water partition coefficient (Wildman–Crippen LogP) is 2.36. The minimum absolute atomic E-state index is 0.0770. The third-order valence-corrected chi connectivity index (χ3v) is 6.28. The molecule has 28 heavy (non-hydrogen) atoms. The van der Waals surface area contributed by atoms with Gasteiger partial charge in [0.25, 0.3) is 10.1 Å². The second-order valence-electron chi connectivity index (χ2n) is 6.06. The zero-order valence-electron chi connectivity index (χ0n) is 15.6. The van der Waals surface area contributed by atoms with Gasteiger partial charge in [-0.2, -0.15) is 8.42 Å². The van der Waals surface area contributed by atoms with E-state index < -0.39 is 32.0 Å². The molecule has 9 heteroatoms. The normalized spacial score (nSPS) is 13.1. The van der Waals surface area contributed by atoms with Crippen molar-refractivity contribution in [2.75, 3.05) is 12.9 Å². The first-order valence-corrected chi connectivity index (χ1v) is 11.9. The van der Waals surface area contributed by atoms with Crippen LogP contribution in [0.2, 0.25) is 0 Å². The van der Waals surface area contributed by atoms with Crippen molar-refractivity contribution in [3.8, 4) is 0 Å². The van der Waals surface area contributed by atoms with Crippen molar-refractivity contribution < 1.29 is 30.6 Å². The zero-order chi connectivity index (χ0) is 20.8. The molecule has 0 unspecified atom stereocenters. The van der Waals surface area contributed by atoms with E-state index in [0.29, 0.717) is 6.42 Å². The Bertz CT molecular complexity index is 1010. The average molecular weight is 427 g/mol. The molecule has 7 nitrogen and oxygen atoms in total. The van der Waals surface area contributed by atoms with Gasteiger partial charge in [-0.3, -0.25) is 4.18 Å². The average Bonchev–Trinajstić information content (AvgIpc) is 2.65. The highest BCUT2D eigenvalue weighted by Gasteiger charge is 2.29. The van der Waals surface area contributed by atoms with Crippen LogP contribution >= 0.6 is 0 Å². The molecule has 0 aliphatic rings. The molecule has 2 aromatic rings. The molecule has 2 rings (SSSR count). The molecule has 1 atom stereocenters. The lowest BCUT2D eigenvalue weighted by Gasteiger charge is -2.16. The van der Waals surface area contributed by atoms with Gasteiger partial charge in [0.2, 0.25) is 0 Å². The van der Waals surface area contributed by atoms with E-state index in [2.05, 4.69) is 0 Å². The zero-order valence-corrected chi connectivity index (χ0v) is 17.2. The standard InChI is InChI=1S/C19H22O7S2/c1-3-25-19(20)18(13-12-15-8-5-4-6-9-15)26-28(23,24)17-11-7-10-16(14-17)27(2,21)22/h4-11,14,18H,3,12-13H2,1-2H3/t18-/m1/s1. The van der Waals surface area contributed by atoms with Crippen molar-refractivity contribution in [2.24, 2.45) is 0 Å². The first-order chi connectivity index (χ1) is 13.1.